The van der Waals surface area contributed by atoms with Gasteiger partial charge < -0.3 is 10.6 Å². The van der Waals surface area contributed by atoms with Crippen molar-refractivity contribution in [2.45, 2.75) is 0 Å². The fourth-order valence-corrected chi connectivity index (χ4v) is 3.19. The Morgan fingerprint density at radius 3 is 2.83 bits per heavy atom. The van der Waals surface area contributed by atoms with Crippen LogP contribution in [0.4, 0.5) is 11.4 Å². The zero-order chi connectivity index (χ0) is 16.4. The van der Waals surface area contributed by atoms with Crippen LogP contribution >= 0.6 is 11.3 Å². The number of terminal acetylenes is 1. The lowest BCUT2D eigenvalue weighted by Gasteiger charge is -2.20. The van der Waals surface area contributed by atoms with Crippen molar-refractivity contribution in [3.05, 3.63) is 60.0 Å². The fraction of sp³-hybridized carbons (Fsp3) is 0. The highest BCUT2D eigenvalue weighted by Gasteiger charge is 2.19. The van der Waals surface area contributed by atoms with Gasteiger partial charge in [-0.05, 0) is 18.2 Å². The highest BCUT2D eigenvalue weighted by Crippen LogP contribution is 2.34. The van der Waals surface area contributed by atoms with Gasteiger partial charge in [0, 0.05) is 35.7 Å². The Morgan fingerprint density at radius 1 is 1.43 bits per heavy atom. The van der Waals surface area contributed by atoms with Gasteiger partial charge in [-0.1, -0.05) is 12.5 Å². The second-order valence-corrected chi connectivity index (χ2v) is 5.67. The molecule has 0 fully saturated rings. The topological polar surface area (TPSA) is 78.9 Å². The standard InChI is InChI=1S/C17H13N5S/c1-3-11-9-13-14(18)15(23-17(13)21-10-11)16(19)22(4-2)12-5-7-20-8-6-12/h1,4-10,19H,2,18H2. The molecule has 0 aliphatic rings. The van der Waals surface area contributed by atoms with Gasteiger partial charge in [0.2, 0.25) is 0 Å². The van der Waals surface area contributed by atoms with E-state index >= 15 is 0 Å². The Labute approximate surface area is 137 Å². The molecule has 0 atom stereocenters. The number of nitrogens with two attached hydrogens (primary N) is 1. The number of nitrogen functional groups attached to an aromatic ring is 1. The second-order valence-electron chi connectivity index (χ2n) is 4.67. The van der Waals surface area contributed by atoms with E-state index in [4.69, 9.17) is 17.6 Å². The summed E-state index contributed by atoms with van der Waals surface area (Å²) in [6, 6.07) is 5.42. The Hall–Kier alpha value is -3.17. The van der Waals surface area contributed by atoms with E-state index in [1.165, 1.54) is 11.3 Å². The summed E-state index contributed by atoms with van der Waals surface area (Å²) in [5.41, 5.74) is 8.17. The Morgan fingerprint density at radius 2 is 2.17 bits per heavy atom. The van der Waals surface area contributed by atoms with Gasteiger partial charge in [0.05, 0.1) is 16.3 Å². The van der Waals surface area contributed by atoms with E-state index in [9.17, 15) is 0 Å². The number of anilines is 2. The number of nitrogens with one attached hydrogen (secondary N) is 1. The summed E-state index contributed by atoms with van der Waals surface area (Å²) in [6.45, 7) is 3.78. The molecular weight excluding hydrogens is 306 g/mol. The number of pyridine rings is 2. The van der Waals surface area contributed by atoms with Gasteiger partial charge in [0.15, 0.2) is 0 Å². The summed E-state index contributed by atoms with van der Waals surface area (Å²) >= 11 is 1.36. The van der Waals surface area contributed by atoms with Crippen molar-refractivity contribution in [1.29, 1.82) is 5.41 Å². The summed E-state index contributed by atoms with van der Waals surface area (Å²) < 4.78 is 0. The van der Waals surface area contributed by atoms with Crippen molar-refractivity contribution in [1.82, 2.24) is 9.97 Å². The molecule has 3 heterocycles. The van der Waals surface area contributed by atoms with Crippen LogP contribution in [0.1, 0.15) is 10.4 Å². The fourth-order valence-electron chi connectivity index (χ4n) is 2.20. The van der Waals surface area contributed by atoms with Crippen LogP contribution in [0.15, 0.2) is 49.6 Å². The first-order chi connectivity index (χ1) is 11.2. The smallest absolute Gasteiger partial charge is 0.149 e. The van der Waals surface area contributed by atoms with Crippen molar-refractivity contribution in [2.24, 2.45) is 0 Å². The van der Waals surface area contributed by atoms with Crippen LogP contribution in [0, 0.1) is 17.8 Å². The zero-order valence-corrected chi connectivity index (χ0v) is 13.0. The maximum atomic E-state index is 8.49. The predicted octanol–water partition coefficient (Wildman–Crippen LogP) is 3.23. The second kappa shape index (κ2) is 5.91. The van der Waals surface area contributed by atoms with Crippen molar-refractivity contribution in [3.63, 3.8) is 0 Å². The van der Waals surface area contributed by atoms with Gasteiger partial charge >= 0.3 is 0 Å². The first kappa shape index (κ1) is 14.8. The van der Waals surface area contributed by atoms with Gasteiger partial charge in [-0.3, -0.25) is 10.4 Å². The van der Waals surface area contributed by atoms with E-state index in [0.29, 0.717) is 16.1 Å². The Kier molecular flexibility index (Phi) is 3.79. The first-order valence-corrected chi connectivity index (χ1v) is 7.52. The number of aromatic nitrogens is 2. The predicted molar refractivity (Wildman–Crippen MR) is 95.7 cm³/mol. The molecule has 0 aliphatic carbocycles. The molecule has 0 spiro atoms. The molecular formula is C17H13N5S. The molecule has 0 bridgehead atoms. The van der Waals surface area contributed by atoms with Crippen LogP contribution in [0.2, 0.25) is 0 Å². The average Bonchev–Trinajstić information content (AvgIpc) is 2.92. The summed E-state index contributed by atoms with van der Waals surface area (Å²) in [5, 5.41) is 9.26. The van der Waals surface area contributed by atoms with Gasteiger partial charge in [-0.15, -0.1) is 17.8 Å². The zero-order valence-electron chi connectivity index (χ0n) is 12.2. The largest absolute Gasteiger partial charge is 0.397 e. The minimum Gasteiger partial charge on any atom is -0.397 e. The molecule has 3 rings (SSSR count). The maximum Gasteiger partial charge on any atom is 0.149 e. The Balaban J connectivity index is 2.09. The van der Waals surface area contributed by atoms with Crippen LogP contribution in [-0.2, 0) is 0 Å². The highest BCUT2D eigenvalue weighted by molar-refractivity contribution is 7.21. The quantitative estimate of drug-likeness (QED) is 0.441. The van der Waals surface area contributed by atoms with Crippen molar-refractivity contribution < 1.29 is 0 Å². The average molecular weight is 319 g/mol. The van der Waals surface area contributed by atoms with Gasteiger partial charge in [0.25, 0.3) is 0 Å². The summed E-state index contributed by atoms with van der Waals surface area (Å²) in [4.78, 5) is 11.3. The van der Waals surface area contributed by atoms with Crippen LogP contribution < -0.4 is 10.6 Å². The van der Waals surface area contributed by atoms with Crippen LogP contribution in [-0.4, -0.2) is 15.8 Å². The SMILES string of the molecule is C#Cc1cnc2sc(C(=N)N(C=C)c3ccncc3)c(N)c2c1. The lowest BCUT2D eigenvalue weighted by molar-refractivity contribution is 1.26. The minimum atomic E-state index is 0.231. The third kappa shape index (κ3) is 2.54. The number of hydrogen-bond acceptors (Lipinski definition) is 5. The van der Waals surface area contributed by atoms with Crippen LogP contribution in [0.3, 0.4) is 0 Å². The molecule has 0 saturated heterocycles. The molecule has 3 aromatic rings. The Bertz CT molecular complexity index is 937. The van der Waals surface area contributed by atoms with Crippen molar-refractivity contribution in [3.8, 4) is 12.3 Å². The normalized spacial score (nSPS) is 10.2. The molecule has 23 heavy (non-hydrogen) atoms. The van der Waals surface area contributed by atoms with Gasteiger partial charge in [0.1, 0.15) is 10.7 Å². The van der Waals surface area contributed by atoms with E-state index in [1.54, 1.807) is 41.8 Å². The monoisotopic (exact) mass is 319 g/mol. The van der Waals surface area contributed by atoms with E-state index in [2.05, 4.69) is 22.5 Å². The molecule has 0 aromatic carbocycles. The van der Waals surface area contributed by atoms with Crippen LogP contribution in [0.25, 0.3) is 10.2 Å². The third-order valence-corrected chi connectivity index (χ3v) is 4.47. The number of hydrogen-bond donors (Lipinski definition) is 2. The van der Waals surface area contributed by atoms with E-state index < -0.39 is 0 Å². The number of rotatable bonds is 3. The summed E-state index contributed by atoms with van der Waals surface area (Å²) in [7, 11) is 0. The first-order valence-electron chi connectivity index (χ1n) is 6.71. The van der Waals surface area contributed by atoms with E-state index in [-0.39, 0.29) is 5.84 Å². The number of fused-ring (bicyclic) bond motifs is 1. The molecule has 0 aliphatic heterocycles. The molecule has 5 nitrogen and oxygen atoms in total. The van der Waals surface area contributed by atoms with E-state index in [0.717, 1.165) is 15.9 Å². The molecule has 3 N–H and O–H groups in total. The molecule has 0 unspecified atom stereocenters. The number of amidine groups is 1. The van der Waals surface area contributed by atoms with Crippen LogP contribution in [0.5, 0.6) is 0 Å². The summed E-state index contributed by atoms with van der Waals surface area (Å²) in [6.07, 6.45) is 11.9. The highest BCUT2D eigenvalue weighted by atomic mass is 32.1. The van der Waals surface area contributed by atoms with Gasteiger partial charge in [-0.25, -0.2) is 4.98 Å². The van der Waals surface area contributed by atoms with E-state index in [1.807, 2.05) is 6.07 Å². The van der Waals surface area contributed by atoms with Crippen molar-refractivity contribution >= 4 is 38.8 Å². The molecule has 3 aromatic heterocycles. The molecule has 0 amide bonds. The molecule has 112 valence electrons. The summed E-state index contributed by atoms with van der Waals surface area (Å²) in [5.74, 6) is 2.77. The third-order valence-electron chi connectivity index (χ3n) is 3.33. The molecule has 0 saturated carbocycles. The maximum absolute atomic E-state index is 8.49. The number of nitrogens with zero attached hydrogens (tertiary/aromatic N) is 3. The minimum absolute atomic E-state index is 0.231. The lowest BCUT2D eigenvalue weighted by Crippen LogP contribution is -2.24. The number of thiophene rings is 1. The molecule has 0 radical (unpaired) electrons. The lowest BCUT2D eigenvalue weighted by atomic mass is 10.2. The molecule has 6 heteroatoms. The van der Waals surface area contributed by atoms with Crippen molar-refractivity contribution in [2.75, 3.05) is 10.6 Å². The van der Waals surface area contributed by atoms with Gasteiger partial charge in [-0.2, -0.15) is 0 Å².